The van der Waals surface area contributed by atoms with Crippen LogP contribution in [0.1, 0.15) is 0 Å². The van der Waals surface area contributed by atoms with Gasteiger partial charge in [0.15, 0.2) is 0 Å². The predicted molar refractivity (Wildman–Crippen MR) is 70.4 cm³/mol. The van der Waals surface area contributed by atoms with Gasteiger partial charge in [-0.05, 0) is 18.2 Å². The third-order valence-corrected chi connectivity index (χ3v) is 2.76. The van der Waals surface area contributed by atoms with Gasteiger partial charge in [0, 0.05) is 10.2 Å². The van der Waals surface area contributed by atoms with Crippen LogP contribution in [0.25, 0.3) is 0 Å². The second kappa shape index (κ2) is 7.00. The molecule has 0 radical (unpaired) electrons. The lowest BCUT2D eigenvalue weighted by molar-refractivity contribution is -0.140. The first-order valence-corrected chi connectivity index (χ1v) is 6.00. The van der Waals surface area contributed by atoms with Crippen LogP contribution in [0.15, 0.2) is 28.7 Å². The largest absolute Gasteiger partial charge is 0.468 e. The molecule has 0 heterocycles. The Labute approximate surface area is 114 Å². The smallest absolute Gasteiger partial charge is 0.325 e. The average molecular weight is 316 g/mol. The van der Waals surface area contributed by atoms with Crippen molar-refractivity contribution in [3.8, 4) is 0 Å². The number of carbonyl (C=O) groups excluding carboxylic acids is 2. The molecule has 0 saturated carbocycles. The molecule has 0 spiro atoms. The van der Waals surface area contributed by atoms with Gasteiger partial charge in [-0.2, -0.15) is 0 Å². The van der Waals surface area contributed by atoms with Crippen molar-refractivity contribution < 1.29 is 19.1 Å². The molecule has 1 rings (SSSR count). The molecule has 0 aromatic heterocycles. The Balaban J connectivity index is 2.88. The Bertz CT molecular complexity index is 418. The van der Waals surface area contributed by atoms with Crippen molar-refractivity contribution in [2.24, 2.45) is 0 Å². The van der Waals surface area contributed by atoms with Crippen LogP contribution >= 0.6 is 15.9 Å². The van der Waals surface area contributed by atoms with E-state index in [-0.39, 0.29) is 13.1 Å². The van der Waals surface area contributed by atoms with E-state index < -0.39 is 11.9 Å². The molecule has 1 aromatic rings. The monoisotopic (exact) mass is 315 g/mol. The van der Waals surface area contributed by atoms with E-state index >= 15 is 0 Å². The summed E-state index contributed by atoms with van der Waals surface area (Å²) < 4.78 is 10.1. The van der Waals surface area contributed by atoms with Gasteiger partial charge in [-0.15, -0.1) is 0 Å². The van der Waals surface area contributed by atoms with E-state index in [0.29, 0.717) is 0 Å². The Morgan fingerprint density at radius 1 is 1.17 bits per heavy atom. The minimum atomic E-state index is -0.418. The van der Waals surface area contributed by atoms with Gasteiger partial charge in [0.2, 0.25) is 0 Å². The van der Waals surface area contributed by atoms with E-state index in [2.05, 4.69) is 25.4 Å². The van der Waals surface area contributed by atoms with E-state index in [0.717, 1.165) is 10.2 Å². The number of hydrogen-bond acceptors (Lipinski definition) is 5. The van der Waals surface area contributed by atoms with Crippen molar-refractivity contribution in [2.75, 3.05) is 32.2 Å². The first-order chi connectivity index (χ1) is 8.56. The zero-order valence-electron chi connectivity index (χ0n) is 10.2. The topological polar surface area (TPSA) is 55.8 Å². The molecule has 6 heteroatoms. The Morgan fingerprint density at radius 3 is 2.17 bits per heavy atom. The van der Waals surface area contributed by atoms with Crippen LogP contribution in [0.3, 0.4) is 0 Å². The van der Waals surface area contributed by atoms with Crippen LogP contribution in [0.5, 0.6) is 0 Å². The van der Waals surface area contributed by atoms with Gasteiger partial charge in [-0.25, -0.2) is 0 Å². The Kier molecular flexibility index (Phi) is 5.64. The molecule has 0 fully saturated rings. The van der Waals surface area contributed by atoms with Crippen LogP contribution in [-0.2, 0) is 19.1 Å². The van der Waals surface area contributed by atoms with Crippen molar-refractivity contribution in [1.82, 2.24) is 0 Å². The molecular formula is C12H14BrNO4. The predicted octanol–water partition coefficient (Wildman–Crippen LogP) is 1.60. The SMILES string of the molecule is COC(=O)CN(CC(=O)OC)c1cccc(Br)c1. The van der Waals surface area contributed by atoms with Gasteiger partial charge < -0.3 is 14.4 Å². The number of anilines is 1. The number of halogens is 1. The Hall–Kier alpha value is -1.56. The summed E-state index contributed by atoms with van der Waals surface area (Å²) in [4.78, 5) is 24.2. The maximum atomic E-state index is 11.3. The minimum absolute atomic E-state index is 0.0119. The molecule has 0 unspecified atom stereocenters. The number of ether oxygens (including phenoxy) is 2. The highest BCUT2D eigenvalue weighted by molar-refractivity contribution is 9.10. The van der Waals surface area contributed by atoms with Crippen molar-refractivity contribution >= 4 is 33.6 Å². The molecule has 0 atom stereocenters. The highest BCUT2D eigenvalue weighted by Gasteiger charge is 2.16. The van der Waals surface area contributed by atoms with Crippen molar-refractivity contribution in [3.05, 3.63) is 28.7 Å². The maximum Gasteiger partial charge on any atom is 0.325 e. The molecule has 1 aromatic carbocycles. The van der Waals surface area contributed by atoms with Crippen LogP contribution in [0.4, 0.5) is 5.69 Å². The van der Waals surface area contributed by atoms with Crippen LogP contribution in [-0.4, -0.2) is 39.2 Å². The Morgan fingerprint density at radius 2 is 1.72 bits per heavy atom. The summed E-state index contributed by atoms with van der Waals surface area (Å²) in [7, 11) is 2.61. The summed E-state index contributed by atoms with van der Waals surface area (Å²) in [6.07, 6.45) is 0. The van der Waals surface area contributed by atoms with Crippen molar-refractivity contribution in [1.29, 1.82) is 0 Å². The second-order valence-electron chi connectivity index (χ2n) is 3.49. The van der Waals surface area contributed by atoms with Crippen LogP contribution in [0.2, 0.25) is 0 Å². The fraction of sp³-hybridized carbons (Fsp3) is 0.333. The molecule has 0 amide bonds. The molecule has 0 aliphatic carbocycles. The molecule has 0 saturated heterocycles. The molecule has 18 heavy (non-hydrogen) atoms. The molecule has 0 N–H and O–H groups in total. The van der Waals surface area contributed by atoms with E-state index in [9.17, 15) is 9.59 Å². The van der Waals surface area contributed by atoms with Gasteiger partial charge in [0.05, 0.1) is 14.2 Å². The number of hydrogen-bond donors (Lipinski definition) is 0. The number of methoxy groups -OCH3 is 2. The lowest BCUT2D eigenvalue weighted by atomic mass is 10.3. The van der Waals surface area contributed by atoms with Gasteiger partial charge in [0.25, 0.3) is 0 Å². The van der Waals surface area contributed by atoms with Gasteiger partial charge in [-0.3, -0.25) is 9.59 Å². The zero-order chi connectivity index (χ0) is 13.5. The fourth-order valence-corrected chi connectivity index (χ4v) is 1.74. The van der Waals surface area contributed by atoms with Crippen molar-refractivity contribution in [2.45, 2.75) is 0 Å². The summed E-state index contributed by atoms with van der Waals surface area (Å²) in [5.41, 5.74) is 0.736. The van der Waals surface area contributed by atoms with E-state index in [1.807, 2.05) is 18.2 Å². The lowest BCUT2D eigenvalue weighted by Gasteiger charge is -2.22. The van der Waals surface area contributed by atoms with Crippen molar-refractivity contribution in [3.63, 3.8) is 0 Å². The van der Waals surface area contributed by atoms with Gasteiger partial charge in [-0.1, -0.05) is 22.0 Å². The molecule has 98 valence electrons. The number of carbonyl (C=O) groups is 2. The molecule has 0 bridgehead atoms. The fourth-order valence-electron chi connectivity index (χ4n) is 1.35. The first kappa shape index (κ1) is 14.5. The number of esters is 2. The van der Waals surface area contributed by atoms with Crippen LogP contribution < -0.4 is 4.90 Å². The summed E-state index contributed by atoms with van der Waals surface area (Å²) in [5.74, 6) is -0.835. The lowest BCUT2D eigenvalue weighted by Crippen LogP contribution is -2.35. The summed E-state index contributed by atoms with van der Waals surface area (Å²) >= 11 is 3.34. The van der Waals surface area contributed by atoms with E-state index in [4.69, 9.17) is 0 Å². The average Bonchev–Trinajstić information content (AvgIpc) is 2.37. The minimum Gasteiger partial charge on any atom is -0.468 e. The van der Waals surface area contributed by atoms with Crippen LogP contribution in [0, 0.1) is 0 Å². The van der Waals surface area contributed by atoms with E-state index in [1.54, 1.807) is 11.0 Å². The quantitative estimate of drug-likeness (QED) is 0.773. The highest BCUT2D eigenvalue weighted by Crippen LogP contribution is 2.19. The standard InChI is InChI=1S/C12H14BrNO4/c1-17-11(15)7-14(8-12(16)18-2)10-5-3-4-9(13)6-10/h3-6H,7-8H2,1-2H3. The second-order valence-corrected chi connectivity index (χ2v) is 4.40. The number of rotatable bonds is 5. The molecular weight excluding hydrogens is 302 g/mol. The van der Waals surface area contributed by atoms with E-state index in [1.165, 1.54) is 14.2 Å². The first-order valence-electron chi connectivity index (χ1n) is 5.21. The summed E-state index contributed by atoms with van der Waals surface area (Å²) in [5, 5.41) is 0. The summed E-state index contributed by atoms with van der Waals surface area (Å²) in [6, 6.07) is 7.29. The van der Waals surface area contributed by atoms with Gasteiger partial charge in [0.1, 0.15) is 13.1 Å². The normalized spacial score (nSPS) is 9.72. The third-order valence-electron chi connectivity index (χ3n) is 2.27. The summed E-state index contributed by atoms with van der Waals surface area (Å²) in [6.45, 7) is -0.0237. The molecule has 0 aliphatic rings. The number of benzene rings is 1. The zero-order valence-corrected chi connectivity index (χ0v) is 11.8. The molecule has 5 nitrogen and oxygen atoms in total. The number of nitrogens with zero attached hydrogens (tertiary/aromatic N) is 1. The highest BCUT2D eigenvalue weighted by atomic mass is 79.9. The molecule has 0 aliphatic heterocycles. The third kappa shape index (κ3) is 4.37. The van der Waals surface area contributed by atoms with Gasteiger partial charge >= 0.3 is 11.9 Å². The maximum absolute atomic E-state index is 11.3.